The number of nitrogens with two attached hydrogens (primary N) is 1. The van der Waals surface area contributed by atoms with Gasteiger partial charge in [0.2, 0.25) is 11.9 Å². The van der Waals surface area contributed by atoms with Crippen LogP contribution in [-0.2, 0) is 4.79 Å². The molecule has 0 aromatic carbocycles. The lowest BCUT2D eigenvalue weighted by Gasteiger charge is -2.14. The Kier molecular flexibility index (Phi) is 3.92. The first-order chi connectivity index (χ1) is 10.2. The van der Waals surface area contributed by atoms with Crippen LogP contribution in [0.25, 0.3) is 5.95 Å². The van der Waals surface area contributed by atoms with E-state index in [4.69, 9.17) is 5.73 Å². The monoisotopic (exact) mass is 286 g/mol. The molecular weight excluding hydrogens is 268 g/mol. The van der Waals surface area contributed by atoms with Gasteiger partial charge in [0.15, 0.2) is 0 Å². The molecule has 0 spiro atoms. The molecule has 1 aliphatic rings. The van der Waals surface area contributed by atoms with Crippen LogP contribution in [0.1, 0.15) is 25.7 Å². The first kappa shape index (κ1) is 13.7. The van der Waals surface area contributed by atoms with E-state index in [1.54, 1.807) is 30.9 Å². The zero-order chi connectivity index (χ0) is 14.7. The second-order valence-electron chi connectivity index (χ2n) is 5.33. The fourth-order valence-corrected chi connectivity index (χ4v) is 2.68. The number of hydrogen-bond acceptors (Lipinski definition) is 5. The molecule has 3 rings (SSSR count). The number of carbonyl (C=O) groups is 1. The highest BCUT2D eigenvalue weighted by molar-refractivity contribution is 5.90. The molecule has 0 radical (unpaired) electrons. The highest BCUT2D eigenvalue weighted by atomic mass is 16.1. The predicted molar refractivity (Wildman–Crippen MR) is 77.7 cm³/mol. The molecule has 2 atom stereocenters. The number of nitrogens with one attached hydrogen (secondary N) is 1. The second kappa shape index (κ2) is 6.01. The van der Waals surface area contributed by atoms with Crippen LogP contribution < -0.4 is 11.1 Å². The Morgan fingerprint density at radius 3 is 2.90 bits per heavy atom. The minimum Gasteiger partial charge on any atom is -0.327 e. The van der Waals surface area contributed by atoms with E-state index in [9.17, 15) is 4.79 Å². The van der Waals surface area contributed by atoms with Gasteiger partial charge in [0, 0.05) is 24.9 Å². The van der Waals surface area contributed by atoms with Gasteiger partial charge in [0.25, 0.3) is 0 Å². The third-order valence-corrected chi connectivity index (χ3v) is 3.79. The van der Waals surface area contributed by atoms with Crippen LogP contribution in [0.5, 0.6) is 0 Å². The van der Waals surface area contributed by atoms with Gasteiger partial charge >= 0.3 is 0 Å². The van der Waals surface area contributed by atoms with Crippen LogP contribution >= 0.6 is 0 Å². The zero-order valence-corrected chi connectivity index (χ0v) is 11.6. The van der Waals surface area contributed by atoms with Gasteiger partial charge in [-0.1, -0.05) is 6.42 Å². The molecule has 110 valence electrons. The predicted octanol–water partition coefficient (Wildman–Crippen LogP) is 1.12. The normalized spacial score (nSPS) is 21.4. The molecule has 0 saturated heterocycles. The van der Waals surface area contributed by atoms with Gasteiger partial charge in [-0.05, 0) is 24.8 Å². The van der Waals surface area contributed by atoms with Crippen LogP contribution in [0, 0.1) is 5.92 Å². The van der Waals surface area contributed by atoms with E-state index in [0.717, 1.165) is 19.3 Å². The van der Waals surface area contributed by atoms with E-state index >= 15 is 0 Å². The Morgan fingerprint density at radius 2 is 2.19 bits per heavy atom. The maximum absolute atomic E-state index is 12.0. The fourth-order valence-electron chi connectivity index (χ4n) is 2.68. The summed E-state index contributed by atoms with van der Waals surface area (Å²) in [4.78, 5) is 20.2. The lowest BCUT2D eigenvalue weighted by molar-refractivity contribution is -0.117. The number of carbonyl (C=O) groups excluding carboxylic acids is 1. The molecule has 3 N–H and O–H groups in total. The summed E-state index contributed by atoms with van der Waals surface area (Å²) in [5.74, 6) is 0.735. The third kappa shape index (κ3) is 3.25. The number of aromatic nitrogens is 4. The van der Waals surface area contributed by atoms with Crippen molar-refractivity contribution in [3.63, 3.8) is 0 Å². The molecule has 7 nitrogen and oxygen atoms in total. The van der Waals surface area contributed by atoms with Gasteiger partial charge in [-0.3, -0.25) is 4.79 Å². The Hall–Kier alpha value is -2.28. The Bertz CT molecular complexity index is 611. The van der Waals surface area contributed by atoms with Gasteiger partial charge in [-0.25, -0.2) is 14.6 Å². The van der Waals surface area contributed by atoms with Crippen molar-refractivity contribution in [3.8, 4) is 5.95 Å². The number of amides is 1. The Balaban J connectivity index is 1.61. The Morgan fingerprint density at radius 1 is 1.38 bits per heavy atom. The molecule has 0 bridgehead atoms. The van der Waals surface area contributed by atoms with E-state index in [0.29, 0.717) is 18.1 Å². The largest absolute Gasteiger partial charge is 0.327 e. The molecule has 2 aromatic rings. The molecule has 7 heteroatoms. The quantitative estimate of drug-likeness (QED) is 0.877. The van der Waals surface area contributed by atoms with Crippen LogP contribution in [0.2, 0.25) is 0 Å². The average Bonchev–Trinajstić information content (AvgIpc) is 3.10. The highest BCUT2D eigenvalue weighted by Gasteiger charge is 2.26. The number of hydrogen-bond donors (Lipinski definition) is 2. The van der Waals surface area contributed by atoms with Crippen molar-refractivity contribution in [1.29, 1.82) is 0 Å². The lowest BCUT2D eigenvalue weighted by atomic mass is 10.00. The maximum Gasteiger partial charge on any atom is 0.250 e. The van der Waals surface area contributed by atoms with Crippen LogP contribution in [0.15, 0.2) is 30.9 Å². The molecule has 1 saturated carbocycles. The number of nitrogens with zero attached hydrogens (tertiary/aromatic N) is 4. The topological polar surface area (TPSA) is 98.7 Å². The number of rotatable bonds is 4. The van der Waals surface area contributed by atoms with Crippen molar-refractivity contribution in [1.82, 2.24) is 19.7 Å². The van der Waals surface area contributed by atoms with E-state index in [2.05, 4.69) is 20.4 Å². The molecule has 2 aromatic heterocycles. The maximum atomic E-state index is 12.0. The standard InChI is InChI=1S/C14H18N6O/c15-12-4-1-3-10(12)7-13(21)19-11-8-18-20(9-11)14-16-5-2-6-17-14/h2,5-6,8-10,12H,1,3-4,7,15H2,(H,19,21)/t10-,12+/m0/s1. The highest BCUT2D eigenvalue weighted by Crippen LogP contribution is 2.27. The third-order valence-electron chi connectivity index (χ3n) is 3.79. The molecule has 1 aliphatic carbocycles. The molecule has 0 unspecified atom stereocenters. The SMILES string of the molecule is N[C@@H]1CCC[C@H]1CC(=O)Nc1cnn(-c2ncccn2)c1. The summed E-state index contributed by atoms with van der Waals surface area (Å²) in [6, 6.07) is 1.89. The van der Waals surface area contributed by atoms with E-state index in [1.807, 2.05) is 0 Å². The van der Waals surface area contributed by atoms with Crippen molar-refractivity contribution in [2.75, 3.05) is 5.32 Å². The van der Waals surface area contributed by atoms with Crippen molar-refractivity contribution < 1.29 is 4.79 Å². The van der Waals surface area contributed by atoms with Gasteiger partial charge in [-0.2, -0.15) is 5.10 Å². The smallest absolute Gasteiger partial charge is 0.250 e. The summed E-state index contributed by atoms with van der Waals surface area (Å²) in [6.45, 7) is 0. The van der Waals surface area contributed by atoms with E-state index < -0.39 is 0 Å². The first-order valence-electron chi connectivity index (χ1n) is 7.10. The molecular formula is C14H18N6O. The zero-order valence-electron chi connectivity index (χ0n) is 11.6. The van der Waals surface area contributed by atoms with Crippen LogP contribution in [0.4, 0.5) is 5.69 Å². The van der Waals surface area contributed by atoms with Crippen LogP contribution in [-0.4, -0.2) is 31.7 Å². The van der Waals surface area contributed by atoms with Gasteiger partial charge in [0.05, 0.1) is 18.1 Å². The molecule has 1 fully saturated rings. The van der Waals surface area contributed by atoms with Gasteiger partial charge < -0.3 is 11.1 Å². The van der Waals surface area contributed by atoms with Crippen molar-refractivity contribution in [2.45, 2.75) is 31.7 Å². The second-order valence-corrected chi connectivity index (χ2v) is 5.33. The van der Waals surface area contributed by atoms with E-state index in [1.165, 1.54) is 4.68 Å². The summed E-state index contributed by atoms with van der Waals surface area (Å²) < 4.78 is 1.52. The Labute approximate surface area is 122 Å². The lowest BCUT2D eigenvalue weighted by Crippen LogP contribution is -2.28. The van der Waals surface area contributed by atoms with Gasteiger partial charge in [-0.15, -0.1) is 0 Å². The van der Waals surface area contributed by atoms with Crippen molar-refractivity contribution in [2.24, 2.45) is 11.7 Å². The average molecular weight is 286 g/mol. The minimum absolute atomic E-state index is 0.0223. The molecule has 0 aliphatic heterocycles. The van der Waals surface area contributed by atoms with Crippen molar-refractivity contribution in [3.05, 3.63) is 30.9 Å². The minimum atomic E-state index is -0.0223. The van der Waals surface area contributed by atoms with Gasteiger partial charge in [0.1, 0.15) is 0 Å². The van der Waals surface area contributed by atoms with E-state index in [-0.39, 0.29) is 17.9 Å². The molecule has 21 heavy (non-hydrogen) atoms. The fraction of sp³-hybridized carbons (Fsp3) is 0.429. The summed E-state index contributed by atoms with van der Waals surface area (Å²) in [5.41, 5.74) is 6.63. The van der Waals surface area contributed by atoms with Crippen LogP contribution in [0.3, 0.4) is 0 Å². The first-order valence-corrected chi connectivity index (χ1v) is 7.10. The summed E-state index contributed by atoms with van der Waals surface area (Å²) in [6.07, 6.45) is 10.2. The summed E-state index contributed by atoms with van der Waals surface area (Å²) in [5, 5.41) is 6.98. The summed E-state index contributed by atoms with van der Waals surface area (Å²) >= 11 is 0. The number of anilines is 1. The van der Waals surface area contributed by atoms with Crippen molar-refractivity contribution >= 4 is 11.6 Å². The summed E-state index contributed by atoms with van der Waals surface area (Å²) in [7, 11) is 0. The molecule has 1 amide bonds. The molecule has 2 heterocycles.